The van der Waals surface area contributed by atoms with Gasteiger partial charge in [-0.25, -0.2) is 0 Å². The number of rotatable bonds is 2. The molecule has 5 heteroatoms. The molecular formula is C16H16N2O3. The summed E-state index contributed by atoms with van der Waals surface area (Å²) in [6.45, 7) is 5.27. The Morgan fingerprint density at radius 3 is 2.76 bits per heavy atom. The van der Waals surface area contributed by atoms with E-state index >= 15 is 0 Å². The van der Waals surface area contributed by atoms with E-state index in [-0.39, 0.29) is 12.5 Å². The van der Waals surface area contributed by atoms with Crippen molar-refractivity contribution in [3.8, 4) is 11.8 Å². The number of hydrogen-bond acceptors (Lipinski definition) is 4. The number of carbonyl (C=O) groups is 1. The standard InChI is InChI=1S/C16H16N2O3/c1-10-6-7-13(5-4-8-19)14(9-10)15(20)17-16-11(2)12(3)18-21-16/h6-7,9,19H,8H2,1-3H3,(H,17,20). The van der Waals surface area contributed by atoms with Crippen LogP contribution < -0.4 is 5.32 Å². The second-order valence-electron chi connectivity index (χ2n) is 4.69. The van der Waals surface area contributed by atoms with Gasteiger partial charge in [-0.1, -0.05) is 28.6 Å². The van der Waals surface area contributed by atoms with Gasteiger partial charge in [-0.3, -0.25) is 10.1 Å². The van der Waals surface area contributed by atoms with Crippen molar-refractivity contribution in [1.29, 1.82) is 0 Å². The summed E-state index contributed by atoms with van der Waals surface area (Å²) in [6, 6.07) is 5.36. The quantitative estimate of drug-likeness (QED) is 0.829. The predicted molar refractivity (Wildman–Crippen MR) is 79.1 cm³/mol. The summed E-state index contributed by atoms with van der Waals surface area (Å²) >= 11 is 0. The van der Waals surface area contributed by atoms with E-state index in [2.05, 4.69) is 22.3 Å². The monoisotopic (exact) mass is 284 g/mol. The van der Waals surface area contributed by atoms with Crippen molar-refractivity contribution in [2.75, 3.05) is 11.9 Å². The predicted octanol–water partition coefficient (Wildman–Crippen LogP) is 2.20. The van der Waals surface area contributed by atoms with Gasteiger partial charge in [0.1, 0.15) is 6.61 Å². The summed E-state index contributed by atoms with van der Waals surface area (Å²) in [7, 11) is 0. The van der Waals surface area contributed by atoms with E-state index in [9.17, 15) is 4.79 Å². The lowest BCUT2D eigenvalue weighted by Gasteiger charge is -2.06. The van der Waals surface area contributed by atoms with E-state index in [1.807, 2.05) is 19.9 Å². The lowest BCUT2D eigenvalue weighted by atomic mass is 10.0. The lowest BCUT2D eigenvalue weighted by Crippen LogP contribution is -2.14. The zero-order chi connectivity index (χ0) is 15.4. The van der Waals surface area contributed by atoms with Crippen LogP contribution in [0.3, 0.4) is 0 Å². The average molecular weight is 284 g/mol. The van der Waals surface area contributed by atoms with Crippen LogP contribution in [-0.4, -0.2) is 22.8 Å². The van der Waals surface area contributed by atoms with Crippen molar-refractivity contribution in [3.63, 3.8) is 0 Å². The van der Waals surface area contributed by atoms with Gasteiger partial charge in [-0.05, 0) is 32.9 Å². The Bertz CT molecular complexity index is 736. The molecule has 5 nitrogen and oxygen atoms in total. The number of nitrogens with one attached hydrogen (secondary N) is 1. The fraction of sp³-hybridized carbons (Fsp3) is 0.250. The molecule has 0 radical (unpaired) electrons. The van der Waals surface area contributed by atoms with E-state index < -0.39 is 0 Å². The second-order valence-corrected chi connectivity index (χ2v) is 4.69. The number of hydrogen-bond donors (Lipinski definition) is 2. The zero-order valence-electron chi connectivity index (χ0n) is 12.2. The first-order valence-electron chi connectivity index (χ1n) is 6.47. The summed E-state index contributed by atoms with van der Waals surface area (Å²) < 4.78 is 5.08. The van der Waals surface area contributed by atoms with E-state index in [1.54, 1.807) is 19.1 Å². The fourth-order valence-electron chi connectivity index (χ4n) is 1.79. The first-order valence-corrected chi connectivity index (χ1v) is 6.47. The van der Waals surface area contributed by atoms with Gasteiger partial charge < -0.3 is 9.63 Å². The van der Waals surface area contributed by atoms with Crippen LogP contribution in [0.2, 0.25) is 0 Å². The number of aliphatic hydroxyl groups excluding tert-OH is 1. The topological polar surface area (TPSA) is 75.4 Å². The van der Waals surface area contributed by atoms with Crippen LogP contribution in [0.1, 0.15) is 32.7 Å². The van der Waals surface area contributed by atoms with Crippen LogP contribution >= 0.6 is 0 Å². The molecule has 2 N–H and O–H groups in total. The van der Waals surface area contributed by atoms with Crippen LogP contribution in [0.25, 0.3) is 0 Å². The molecule has 1 amide bonds. The smallest absolute Gasteiger partial charge is 0.259 e. The minimum absolute atomic E-state index is 0.255. The third-order valence-corrected chi connectivity index (χ3v) is 3.11. The summed E-state index contributed by atoms with van der Waals surface area (Å²) in [5.41, 5.74) is 3.46. The van der Waals surface area contributed by atoms with Gasteiger partial charge in [-0.15, -0.1) is 0 Å². The van der Waals surface area contributed by atoms with E-state index in [0.29, 0.717) is 17.0 Å². The molecular weight excluding hydrogens is 268 g/mol. The van der Waals surface area contributed by atoms with Gasteiger partial charge in [0.05, 0.1) is 11.3 Å². The summed E-state index contributed by atoms with van der Waals surface area (Å²) in [6.07, 6.45) is 0. The number of nitrogens with zero attached hydrogens (tertiary/aromatic N) is 1. The van der Waals surface area contributed by atoms with Crippen LogP contribution in [0.15, 0.2) is 22.7 Å². The molecule has 1 heterocycles. The van der Waals surface area contributed by atoms with E-state index in [1.165, 1.54) is 0 Å². The van der Waals surface area contributed by atoms with Crippen molar-refractivity contribution in [2.24, 2.45) is 0 Å². The molecule has 0 spiro atoms. The van der Waals surface area contributed by atoms with Gasteiger partial charge in [0.25, 0.3) is 5.91 Å². The van der Waals surface area contributed by atoms with E-state index in [0.717, 1.165) is 16.8 Å². The molecule has 1 aromatic carbocycles. The highest BCUT2D eigenvalue weighted by atomic mass is 16.5. The first kappa shape index (κ1) is 14.8. The number of anilines is 1. The number of amides is 1. The van der Waals surface area contributed by atoms with Crippen LogP contribution in [0.4, 0.5) is 5.88 Å². The Balaban J connectivity index is 2.34. The highest BCUT2D eigenvalue weighted by Gasteiger charge is 2.15. The molecule has 0 saturated heterocycles. The van der Waals surface area contributed by atoms with Crippen molar-refractivity contribution < 1.29 is 14.4 Å². The average Bonchev–Trinajstić information content (AvgIpc) is 2.78. The number of benzene rings is 1. The Morgan fingerprint density at radius 2 is 2.14 bits per heavy atom. The number of carbonyl (C=O) groups excluding carboxylic acids is 1. The Morgan fingerprint density at radius 1 is 1.38 bits per heavy atom. The number of aliphatic hydroxyl groups is 1. The molecule has 0 saturated carbocycles. The molecule has 0 aliphatic heterocycles. The molecule has 0 atom stereocenters. The normalized spacial score (nSPS) is 9.90. The minimum Gasteiger partial charge on any atom is -0.384 e. The molecule has 0 aliphatic rings. The van der Waals surface area contributed by atoms with Crippen molar-refractivity contribution >= 4 is 11.8 Å². The van der Waals surface area contributed by atoms with Gasteiger partial charge in [-0.2, -0.15) is 0 Å². The Hall–Kier alpha value is -2.58. The maximum absolute atomic E-state index is 12.4. The van der Waals surface area contributed by atoms with Gasteiger partial charge in [0.2, 0.25) is 5.88 Å². The maximum Gasteiger partial charge on any atom is 0.259 e. The molecule has 0 aliphatic carbocycles. The summed E-state index contributed by atoms with van der Waals surface area (Å²) in [4.78, 5) is 12.4. The maximum atomic E-state index is 12.4. The van der Waals surface area contributed by atoms with Gasteiger partial charge >= 0.3 is 0 Å². The number of aryl methyl sites for hydroxylation is 2. The molecule has 0 unspecified atom stereocenters. The third-order valence-electron chi connectivity index (χ3n) is 3.11. The first-order chi connectivity index (χ1) is 10.0. The minimum atomic E-state index is -0.319. The van der Waals surface area contributed by atoms with Gasteiger partial charge in [0.15, 0.2) is 0 Å². The second kappa shape index (κ2) is 6.25. The molecule has 0 bridgehead atoms. The zero-order valence-corrected chi connectivity index (χ0v) is 12.2. The largest absolute Gasteiger partial charge is 0.384 e. The molecule has 1 aromatic heterocycles. The Kier molecular flexibility index (Phi) is 4.41. The van der Waals surface area contributed by atoms with E-state index in [4.69, 9.17) is 9.63 Å². The Labute approximate surface area is 123 Å². The van der Waals surface area contributed by atoms with Gasteiger partial charge in [0, 0.05) is 11.1 Å². The molecule has 108 valence electrons. The lowest BCUT2D eigenvalue weighted by molar-refractivity contribution is 0.102. The highest BCUT2D eigenvalue weighted by molar-refractivity contribution is 6.05. The molecule has 0 fully saturated rings. The third kappa shape index (κ3) is 3.30. The highest BCUT2D eigenvalue weighted by Crippen LogP contribution is 2.19. The fourth-order valence-corrected chi connectivity index (χ4v) is 1.79. The summed E-state index contributed by atoms with van der Waals surface area (Å²) in [5, 5.41) is 15.3. The molecule has 2 rings (SSSR count). The molecule has 2 aromatic rings. The van der Waals surface area contributed by atoms with Crippen molar-refractivity contribution in [2.45, 2.75) is 20.8 Å². The van der Waals surface area contributed by atoms with Crippen LogP contribution in [-0.2, 0) is 0 Å². The van der Waals surface area contributed by atoms with Crippen molar-refractivity contribution in [3.05, 3.63) is 46.1 Å². The number of aromatic nitrogens is 1. The van der Waals surface area contributed by atoms with Crippen LogP contribution in [0, 0.1) is 32.6 Å². The van der Waals surface area contributed by atoms with Crippen molar-refractivity contribution in [1.82, 2.24) is 5.16 Å². The van der Waals surface area contributed by atoms with Crippen LogP contribution in [0.5, 0.6) is 0 Å². The summed E-state index contributed by atoms with van der Waals surface area (Å²) in [5.74, 6) is 5.33. The SMILES string of the molecule is Cc1ccc(C#CCO)c(C(=O)Nc2onc(C)c2C)c1. The molecule has 21 heavy (non-hydrogen) atoms.